The standard InChI is InChI=1S/C10H13NO3/c1-2-14-9-4-3-7(5-8(9)11)6-10(12)13/h3-5H,2,6,11H2,1H3,(H,12,13). The number of hydrogen-bond donors (Lipinski definition) is 2. The van der Waals surface area contributed by atoms with E-state index in [2.05, 4.69) is 0 Å². The Morgan fingerprint density at radius 2 is 2.29 bits per heavy atom. The van der Waals surface area contributed by atoms with Gasteiger partial charge in [0.15, 0.2) is 0 Å². The Morgan fingerprint density at radius 1 is 1.57 bits per heavy atom. The summed E-state index contributed by atoms with van der Waals surface area (Å²) in [7, 11) is 0. The van der Waals surface area contributed by atoms with Crippen LogP contribution in [-0.4, -0.2) is 17.7 Å². The quantitative estimate of drug-likeness (QED) is 0.710. The Balaban J connectivity index is 2.83. The topological polar surface area (TPSA) is 72.5 Å². The maximum atomic E-state index is 10.4. The van der Waals surface area contributed by atoms with E-state index in [0.717, 1.165) is 0 Å². The summed E-state index contributed by atoms with van der Waals surface area (Å²) >= 11 is 0. The molecule has 0 aliphatic rings. The van der Waals surface area contributed by atoms with Crippen molar-refractivity contribution < 1.29 is 14.6 Å². The Morgan fingerprint density at radius 3 is 2.79 bits per heavy atom. The van der Waals surface area contributed by atoms with Crippen molar-refractivity contribution in [2.24, 2.45) is 0 Å². The summed E-state index contributed by atoms with van der Waals surface area (Å²) in [5, 5.41) is 8.56. The summed E-state index contributed by atoms with van der Waals surface area (Å²) in [6.45, 7) is 2.41. The predicted octanol–water partition coefficient (Wildman–Crippen LogP) is 1.29. The molecule has 4 heteroatoms. The van der Waals surface area contributed by atoms with Crippen molar-refractivity contribution in [3.05, 3.63) is 23.8 Å². The monoisotopic (exact) mass is 195 g/mol. The molecule has 0 amide bonds. The van der Waals surface area contributed by atoms with E-state index in [-0.39, 0.29) is 6.42 Å². The van der Waals surface area contributed by atoms with E-state index in [0.29, 0.717) is 23.6 Å². The first-order valence-electron chi connectivity index (χ1n) is 4.36. The van der Waals surface area contributed by atoms with Gasteiger partial charge in [0.05, 0.1) is 18.7 Å². The fraction of sp³-hybridized carbons (Fsp3) is 0.300. The van der Waals surface area contributed by atoms with Gasteiger partial charge < -0.3 is 15.6 Å². The molecule has 0 bridgehead atoms. The number of ether oxygens (including phenoxy) is 1. The zero-order valence-corrected chi connectivity index (χ0v) is 7.99. The number of carboxylic acids is 1. The summed E-state index contributed by atoms with van der Waals surface area (Å²) in [6, 6.07) is 5.02. The number of rotatable bonds is 4. The largest absolute Gasteiger partial charge is 0.492 e. The molecular formula is C10H13NO3. The number of nitrogen functional groups attached to an aromatic ring is 1. The molecule has 0 spiro atoms. The maximum absolute atomic E-state index is 10.4. The second-order valence-corrected chi connectivity index (χ2v) is 2.88. The molecule has 0 heterocycles. The SMILES string of the molecule is CCOc1ccc(CC(=O)O)cc1N. The van der Waals surface area contributed by atoms with Gasteiger partial charge in [0.2, 0.25) is 0 Å². The van der Waals surface area contributed by atoms with Gasteiger partial charge in [0.25, 0.3) is 0 Å². The lowest BCUT2D eigenvalue weighted by Gasteiger charge is -2.07. The van der Waals surface area contributed by atoms with Gasteiger partial charge in [-0.15, -0.1) is 0 Å². The van der Waals surface area contributed by atoms with Crippen LogP contribution < -0.4 is 10.5 Å². The number of aliphatic carboxylic acids is 1. The van der Waals surface area contributed by atoms with Gasteiger partial charge in [-0.1, -0.05) is 6.07 Å². The van der Waals surface area contributed by atoms with Crippen LogP contribution in [0.3, 0.4) is 0 Å². The van der Waals surface area contributed by atoms with Crippen LogP contribution in [0, 0.1) is 0 Å². The van der Waals surface area contributed by atoms with Crippen molar-refractivity contribution in [2.75, 3.05) is 12.3 Å². The van der Waals surface area contributed by atoms with E-state index in [1.807, 2.05) is 6.92 Å². The number of anilines is 1. The molecule has 0 saturated heterocycles. The van der Waals surface area contributed by atoms with Gasteiger partial charge in [0, 0.05) is 0 Å². The van der Waals surface area contributed by atoms with Crippen molar-refractivity contribution in [1.82, 2.24) is 0 Å². The van der Waals surface area contributed by atoms with E-state index < -0.39 is 5.97 Å². The zero-order chi connectivity index (χ0) is 10.6. The van der Waals surface area contributed by atoms with Crippen molar-refractivity contribution >= 4 is 11.7 Å². The fourth-order valence-corrected chi connectivity index (χ4v) is 1.17. The van der Waals surface area contributed by atoms with E-state index in [9.17, 15) is 4.79 Å². The molecule has 0 atom stereocenters. The molecule has 0 aromatic heterocycles. The normalized spacial score (nSPS) is 9.79. The van der Waals surface area contributed by atoms with E-state index in [1.165, 1.54) is 0 Å². The number of benzene rings is 1. The number of carboxylic acid groups (broad SMARTS) is 1. The molecule has 0 unspecified atom stereocenters. The summed E-state index contributed by atoms with van der Waals surface area (Å²) in [4.78, 5) is 10.4. The lowest BCUT2D eigenvalue weighted by molar-refractivity contribution is -0.136. The molecule has 76 valence electrons. The van der Waals surface area contributed by atoms with E-state index >= 15 is 0 Å². The number of nitrogens with two attached hydrogens (primary N) is 1. The Hall–Kier alpha value is -1.71. The molecule has 4 nitrogen and oxygen atoms in total. The van der Waals surface area contributed by atoms with Crippen LogP contribution in [0.1, 0.15) is 12.5 Å². The fourth-order valence-electron chi connectivity index (χ4n) is 1.17. The molecule has 1 rings (SSSR count). The second-order valence-electron chi connectivity index (χ2n) is 2.88. The van der Waals surface area contributed by atoms with E-state index in [4.69, 9.17) is 15.6 Å². The number of hydrogen-bond acceptors (Lipinski definition) is 3. The lowest BCUT2D eigenvalue weighted by atomic mass is 10.1. The molecule has 3 N–H and O–H groups in total. The molecule has 1 aromatic carbocycles. The summed E-state index contributed by atoms with van der Waals surface area (Å²) in [5.41, 5.74) is 6.82. The average molecular weight is 195 g/mol. The van der Waals surface area contributed by atoms with Gasteiger partial charge in [-0.05, 0) is 24.6 Å². The first-order valence-corrected chi connectivity index (χ1v) is 4.36. The minimum Gasteiger partial charge on any atom is -0.492 e. The Labute approximate surface area is 82.3 Å². The second kappa shape index (κ2) is 4.50. The van der Waals surface area contributed by atoms with Gasteiger partial charge >= 0.3 is 5.97 Å². The third kappa shape index (κ3) is 2.65. The van der Waals surface area contributed by atoms with Crippen LogP contribution >= 0.6 is 0 Å². The zero-order valence-electron chi connectivity index (χ0n) is 7.99. The lowest BCUT2D eigenvalue weighted by Crippen LogP contribution is -2.02. The highest BCUT2D eigenvalue weighted by Crippen LogP contribution is 2.22. The minimum absolute atomic E-state index is 0.0173. The van der Waals surface area contributed by atoms with Crippen molar-refractivity contribution in [2.45, 2.75) is 13.3 Å². The minimum atomic E-state index is -0.867. The van der Waals surface area contributed by atoms with Crippen molar-refractivity contribution in [1.29, 1.82) is 0 Å². The molecular weight excluding hydrogens is 182 g/mol. The average Bonchev–Trinajstić information content (AvgIpc) is 2.09. The molecule has 0 aliphatic heterocycles. The Kier molecular flexibility index (Phi) is 3.34. The summed E-state index contributed by atoms with van der Waals surface area (Å²) < 4.78 is 5.22. The van der Waals surface area contributed by atoms with Crippen LogP contribution in [0.4, 0.5) is 5.69 Å². The summed E-state index contributed by atoms with van der Waals surface area (Å²) in [6.07, 6.45) is -0.0173. The van der Waals surface area contributed by atoms with Crippen LogP contribution in [0.2, 0.25) is 0 Å². The first kappa shape index (κ1) is 10.4. The molecule has 0 radical (unpaired) electrons. The molecule has 0 aliphatic carbocycles. The van der Waals surface area contributed by atoms with Gasteiger partial charge in [0.1, 0.15) is 5.75 Å². The smallest absolute Gasteiger partial charge is 0.307 e. The third-order valence-electron chi connectivity index (χ3n) is 1.73. The van der Waals surface area contributed by atoms with Crippen LogP contribution in [0.15, 0.2) is 18.2 Å². The van der Waals surface area contributed by atoms with Crippen molar-refractivity contribution in [3.8, 4) is 5.75 Å². The van der Waals surface area contributed by atoms with Gasteiger partial charge in [-0.2, -0.15) is 0 Å². The highest BCUT2D eigenvalue weighted by Gasteiger charge is 2.04. The molecule has 0 fully saturated rings. The van der Waals surface area contributed by atoms with Crippen LogP contribution in [0.25, 0.3) is 0 Å². The summed E-state index contributed by atoms with van der Waals surface area (Å²) in [5.74, 6) is -0.268. The molecule has 1 aromatic rings. The van der Waals surface area contributed by atoms with Gasteiger partial charge in [-0.3, -0.25) is 4.79 Å². The van der Waals surface area contributed by atoms with Crippen LogP contribution in [-0.2, 0) is 11.2 Å². The Bertz CT molecular complexity index is 336. The first-order chi connectivity index (χ1) is 6.63. The number of carbonyl (C=O) groups is 1. The maximum Gasteiger partial charge on any atom is 0.307 e. The third-order valence-corrected chi connectivity index (χ3v) is 1.73. The molecule has 0 saturated carbocycles. The van der Waals surface area contributed by atoms with Crippen LogP contribution in [0.5, 0.6) is 5.75 Å². The van der Waals surface area contributed by atoms with Gasteiger partial charge in [-0.25, -0.2) is 0 Å². The highest BCUT2D eigenvalue weighted by atomic mass is 16.5. The van der Waals surface area contributed by atoms with Crippen molar-refractivity contribution in [3.63, 3.8) is 0 Å². The predicted molar refractivity (Wildman–Crippen MR) is 53.4 cm³/mol. The highest BCUT2D eigenvalue weighted by molar-refractivity contribution is 5.71. The van der Waals surface area contributed by atoms with E-state index in [1.54, 1.807) is 18.2 Å². The molecule has 14 heavy (non-hydrogen) atoms.